The second-order valence-electron chi connectivity index (χ2n) is 5.20. The number of likely N-dealkylation sites (N-methyl/N-ethyl adjacent to an activating group) is 1. The highest BCUT2D eigenvalue weighted by Gasteiger charge is 2.20. The van der Waals surface area contributed by atoms with E-state index in [4.69, 9.17) is 0 Å². The van der Waals surface area contributed by atoms with Gasteiger partial charge < -0.3 is 5.32 Å². The molecule has 0 amide bonds. The molecule has 20 heavy (non-hydrogen) atoms. The van der Waals surface area contributed by atoms with Gasteiger partial charge in [0.2, 0.25) is 10.0 Å². The third kappa shape index (κ3) is 3.91. The van der Waals surface area contributed by atoms with Crippen molar-refractivity contribution in [2.24, 2.45) is 0 Å². The van der Waals surface area contributed by atoms with E-state index in [-0.39, 0.29) is 0 Å². The van der Waals surface area contributed by atoms with E-state index >= 15 is 0 Å². The number of sulfonamides is 1. The molecule has 1 saturated carbocycles. The van der Waals surface area contributed by atoms with Crippen LogP contribution in [-0.4, -0.2) is 38.9 Å². The summed E-state index contributed by atoms with van der Waals surface area (Å²) in [5.41, 5.74) is 1.16. The van der Waals surface area contributed by atoms with Gasteiger partial charge in [-0.15, -0.1) is 6.58 Å². The predicted molar refractivity (Wildman–Crippen MR) is 81.2 cm³/mol. The fraction of sp³-hybridized carbons (Fsp3) is 0.467. The fourth-order valence-corrected chi connectivity index (χ4v) is 3.14. The molecular formula is C15H22N2O2S. The summed E-state index contributed by atoms with van der Waals surface area (Å²) in [5.74, 6) is 0. The van der Waals surface area contributed by atoms with E-state index in [2.05, 4.69) is 11.9 Å². The van der Waals surface area contributed by atoms with Gasteiger partial charge in [-0.05, 0) is 43.5 Å². The summed E-state index contributed by atoms with van der Waals surface area (Å²) >= 11 is 0. The van der Waals surface area contributed by atoms with Gasteiger partial charge in [-0.25, -0.2) is 8.42 Å². The van der Waals surface area contributed by atoms with Gasteiger partial charge in [0.1, 0.15) is 0 Å². The molecule has 0 radical (unpaired) electrons. The molecule has 0 saturated heterocycles. The molecule has 0 aromatic heterocycles. The molecule has 4 nitrogen and oxygen atoms in total. The summed E-state index contributed by atoms with van der Waals surface area (Å²) in [6.07, 6.45) is 5.08. The van der Waals surface area contributed by atoms with E-state index < -0.39 is 10.0 Å². The lowest BCUT2D eigenvalue weighted by atomic mass is 10.1. The van der Waals surface area contributed by atoms with Gasteiger partial charge in [-0.2, -0.15) is 4.31 Å². The van der Waals surface area contributed by atoms with Crippen molar-refractivity contribution in [1.29, 1.82) is 0 Å². The van der Waals surface area contributed by atoms with Crippen LogP contribution < -0.4 is 5.32 Å². The van der Waals surface area contributed by atoms with Crippen LogP contribution >= 0.6 is 0 Å². The van der Waals surface area contributed by atoms with Gasteiger partial charge in [0.25, 0.3) is 0 Å². The zero-order valence-electron chi connectivity index (χ0n) is 11.9. The smallest absolute Gasteiger partial charge is 0.243 e. The van der Waals surface area contributed by atoms with Crippen LogP contribution in [0.4, 0.5) is 0 Å². The topological polar surface area (TPSA) is 49.4 Å². The molecule has 1 aromatic carbocycles. The number of rotatable bonds is 8. The molecule has 0 aliphatic heterocycles. The van der Waals surface area contributed by atoms with Crippen LogP contribution in [0.1, 0.15) is 18.4 Å². The molecular weight excluding hydrogens is 272 g/mol. The van der Waals surface area contributed by atoms with Crippen LogP contribution in [-0.2, 0) is 16.4 Å². The minimum absolute atomic E-state index is 0.315. The molecule has 1 aliphatic rings. The van der Waals surface area contributed by atoms with Gasteiger partial charge in [0.05, 0.1) is 4.90 Å². The Morgan fingerprint density at radius 1 is 1.35 bits per heavy atom. The second kappa shape index (κ2) is 6.52. The van der Waals surface area contributed by atoms with Gasteiger partial charge in [0.15, 0.2) is 0 Å². The maximum Gasteiger partial charge on any atom is 0.243 e. The van der Waals surface area contributed by atoms with Crippen molar-refractivity contribution in [3.63, 3.8) is 0 Å². The second-order valence-corrected chi connectivity index (χ2v) is 7.24. The Hall–Kier alpha value is -1.17. The lowest BCUT2D eigenvalue weighted by molar-refractivity contribution is 0.499. The third-order valence-corrected chi connectivity index (χ3v) is 5.28. The molecule has 0 atom stereocenters. The Labute approximate surface area is 121 Å². The van der Waals surface area contributed by atoms with Crippen molar-refractivity contribution in [3.8, 4) is 0 Å². The largest absolute Gasteiger partial charge is 0.314 e. The minimum Gasteiger partial charge on any atom is -0.314 e. The first-order chi connectivity index (χ1) is 9.54. The van der Waals surface area contributed by atoms with Gasteiger partial charge in [-0.3, -0.25) is 0 Å². The highest BCUT2D eigenvalue weighted by Crippen LogP contribution is 2.19. The first-order valence-corrected chi connectivity index (χ1v) is 8.37. The lowest BCUT2D eigenvalue weighted by Crippen LogP contribution is -2.27. The van der Waals surface area contributed by atoms with Crippen LogP contribution in [0.25, 0.3) is 0 Å². The first kappa shape index (κ1) is 15.2. The normalized spacial score (nSPS) is 15.5. The zero-order chi connectivity index (χ0) is 14.6. The minimum atomic E-state index is -3.40. The van der Waals surface area contributed by atoms with Crippen LogP contribution in [0.5, 0.6) is 0 Å². The highest BCUT2D eigenvalue weighted by molar-refractivity contribution is 7.89. The molecule has 0 spiro atoms. The Balaban J connectivity index is 1.97. The summed E-state index contributed by atoms with van der Waals surface area (Å²) < 4.78 is 25.7. The maximum absolute atomic E-state index is 12.2. The van der Waals surface area contributed by atoms with Crippen LogP contribution in [0.3, 0.4) is 0 Å². The molecule has 2 rings (SSSR count). The van der Waals surface area contributed by atoms with Crippen molar-refractivity contribution in [3.05, 3.63) is 42.5 Å². The number of hydrogen-bond acceptors (Lipinski definition) is 3. The van der Waals surface area contributed by atoms with Crippen LogP contribution in [0.2, 0.25) is 0 Å². The van der Waals surface area contributed by atoms with Gasteiger partial charge in [0, 0.05) is 19.6 Å². The molecule has 1 fully saturated rings. The first-order valence-electron chi connectivity index (χ1n) is 6.93. The molecule has 1 aliphatic carbocycles. The van der Waals surface area contributed by atoms with Crippen molar-refractivity contribution in [2.45, 2.75) is 30.2 Å². The Morgan fingerprint density at radius 3 is 2.55 bits per heavy atom. The van der Waals surface area contributed by atoms with Crippen molar-refractivity contribution < 1.29 is 8.42 Å². The van der Waals surface area contributed by atoms with E-state index in [0.29, 0.717) is 17.5 Å². The lowest BCUT2D eigenvalue weighted by Gasteiger charge is -2.15. The van der Waals surface area contributed by atoms with E-state index in [0.717, 1.165) is 18.5 Å². The monoisotopic (exact) mass is 294 g/mol. The number of nitrogens with one attached hydrogen (secondary N) is 1. The van der Waals surface area contributed by atoms with E-state index in [1.54, 1.807) is 25.3 Å². The number of hydrogen-bond donors (Lipinski definition) is 1. The number of nitrogens with zero attached hydrogens (tertiary/aromatic N) is 1. The number of benzene rings is 1. The van der Waals surface area contributed by atoms with Crippen LogP contribution in [0, 0.1) is 0 Å². The van der Waals surface area contributed by atoms with Gasteiger partial charge in [-0.1, -0.05) is 18.2 Å². The maximum atomic E-state index is 12.2. The van der Waals surface area contributed by atoms with Crippen molar-refractivity contribution >= 4 is 10.0 Å². The standard InChI is InChI=1S/C15H22N2O2S/c1-3-12-17(2)20(18,19)15-8-4-13(5-9-15)10-11-16-14-6-7-14/h3-5,8-9,14,16H,1,6-7,10-12H2,2H3. The van der Waals surface area contributed by atoms with Crippen LogP contribution in [0.15, 0.2) is 41.8 Å². The SMILES string of the molecule is C=CCN(C)S(=O)(=O)c1ccc(CCNC2CC2)cc1. The zero-order valence-corrected chi connectivity index (χ0v) is 12.7. The molecule has 1 aromatic rings. The Bertz CT molecular complexity index is 548. The molecule has 110 valence electrons. The van der Waals surface area contributed by atoms with E-state index in [1.165, 1.54) is 17.1 Å². The summed E-state index contributed by atoms with van der Waals surface area (Å²) in [4.78, 5) is 0.334. The molecule has 5 heteroatoms. The third-order valence-electron chi connectivity index (χ3n) is 3.44. The predicted octanol–water partition coefficient (Wildman–Crippen LogP) is 1.79. The molecule has 0 unspecified atom stereocenters. The average molecular weight is 294 g/mol. The van der Waals surface area contributed by atoms with Gasteiger partial charge >= 0.3 is 0 Å². The van der Waals surface area contributed by atoms with E-state index in [9.17, 15) is 8.42 Å². The molecule has 1 N–H and O–H groups in total. The molecule has 0 bridgehead atoms. The summed E-state index contributed by atoms with van der Waals surface area (Å²) in [7, 11) is -1.84. The Morgan fingerprint density at radius 2 is 2.00 bits per heavy atom. The van der Waals surface area contributed by atoms with Crippen molar-refractivity contribution in [1.82, 2.24) is 9.62 Å². The highest BCUT2D eigenvalue weighted by atomic mass is 32.2. The average Bonchev–Trinajstić information content (AvgIpc) is 3.24. The van der Waals surface area contributed by atoms with Crippen molar-refractivity contribution in [2.75, 3.05) is 20.1 Å². The Kier molecular flexibility index (Phi) is 4.96. The summed E-state index contributed by atoms with van der Waals surface area (Å²) in [6, 6.07) is 7.86. The van der Waals surface area contributed by atoms with E-state index in [1.807, 2.05) is 12.1 Å². The quantitative estimate of drug-likeness (QED) is 0.744. The molecule has 0 heterocycles. The fourth-order valence-electron chi connectivity index (χ4n) is 2.00. The summed E-state index contributed by atoms with van der Waals surface area (Å²) in [6.45, 7) is 4.83. The summed E-state index contributed by atoms with van der Waals surface area (Å²) in [5, 5.41) is 3.45.